The Bertz CT molecular complexity index is 994. The number of carboxylic acids is 1. The number of anilines is 1. The predicted octanol–water partition coefficient (Wildman–Crippen LogP) is 2.52. The summed E-state index contributed by atoms with van der Waals surface area (Å²) in [5.74, 6) is -2.34. The van der Waals surface area contributed by atoms with Gasteiger partial charge in [0.1, 0.15) is 24.5 Å². The minimum Gasteiger partial charge on any atom is -0.480 e. The lowest BCUT2D eigenvalue weighted by Crippen LogP contribution is -2.53. The van der Waals surface area contributed by atoms with Crippen LogP contribution in [-0.2, 0) is 25.7 Å². The SMILES string of the molecule is Cc1cccc(N(C(=O)[C@@H]2CCC(=O)N2C(=O)OCc2ccccc2)[C@@H](C)C(=O)O)n1. The van der Waals surface area contributed by atoms with Gasteiger partial charge in [-0.3, -0.25) is 14.5 Å². The van der Waals surface area contributed by atoms with Crippen molar-refractivity contribution in [2.75, 3.05) is 4.90 Å². The van der Waals surface area contributed by atoms with Crippen LogP contribution in [0.2, 0.25) is 0 Å². The summed E-state index contributed by atoms with van der Waals surface area (Å²) < 4.78 is 5.24. The second kappa shape index (κ2) is 9.38. The summed E-state index contributed by atoms with van der Waals surface area (Å²) in [6, 6.07) is 11.4. The average molecular weight is 425 g/mol. The van der Waals surface area contributed by atoms with Gasteiger partial charge in [0.15, 0.2) is 0 Å². The Labute approximate surface area is 179 Å². The van der Waals surface area contributed by atoms with E-state index in [1.54, 1.807) is 43.3 Å². The van der Waals surface area contributed by atoms with E-state index in [4.69, 9.17) is 4.74 Å². The fraction of sp³-hybridized carbons (Fsp3) is 0.318. The molecule has 1 saturated heterocycles. The van der Waals surface area contributed by atoms with Gasteiger partial charge in [-0.1, -0.05) is 36.4 Å². The number of ether oxygens (including phenoxy) is 1. The fourth-order valence-corrected chi connectivity index (χ4v) is 3.37. The van der Waals surface area contributed by atoms with Crippen LogP contribution >= 0.6 is 0 Å². The molecule has 0 aliphatic carbocycles. The van der Waals surface area contributed by atoms with E-state index in [2.05, 4.69) is 4.98 Å². The van der Waals surface area contributed by atoms with Crippen molar-refractivity contribution in [3.8, 4) is 0 Å². The predicted molar refractivity (Wildman–Crippen MR) is 110 cm³/mol. The minimum absolute atomic E-state index is 0.0205. The van der Waals surface area contributed by atoms with Crippen LogP contribution in [0.15, 0.2) is 48.5 Å². The van der Waals surface area contributed by atoms with Crippen LogP contribution in [0, 0.1) is 6.92 Å². The highest BCUT2D eigenvalue weighted by Crippen LogP contribution is 2.26. The molecule has 1 aromatic heterocycles. The van der Waals surface area contributed by atoms with E-state index in [0.717, 1.165) is 15.4 Å². The monoisotopic (exact) mass is 425 g/mol. The van der Waals surface area contributed by atoms with E-state index < -0.39 is 36.0 Å². The van der Waals surface area contributed by atoms with Crippen LogP contribution in [0.5, 0.6) is 0 Å². The lowest BCUT2D eigenvalue weighted by Gasteiger charge is -2.31. The highest BCUT2D eigenvalue weighted by Gasteiger charge is 2.45. The highest BCUT2D eigenvalue weighted by atomic mass is 16.6. The summed E-state index contributed by atoms with van der Waals surface area (Å²) in [5, 5.41) is 9.52. The largest absolute Gasteiger partial charge is 0.480 e. The first kappa shape index (κ1) is 21.9. The molecule has 1 N–H and O–H groups in total. The molecule has 0 radical (unpaired) electrons. The molecule has 0 bridgehead atoms. The molecule has 1 aliphatic rings. The zero-order chi connectivity index (χ0) is 22.5. The van der Waals surface area contributed by atoms with Crippen LogP contribution in [0.25, 0.3) is 0 Å². The van der Waals surface area contributed by atoms with Gasteiger partial charge in [-0.15, -0.1) is 0 Å². The Hall–Kier alpha value is -3.75. The molecule has 1 aromatic carbocycles. The van der Waals surface area contributed by atoms with Gasteiger partial charge >= 0.3 is 12.1 Å². The number of aliphatic carboxylic acids is 1. The number of nitrogens with zero attached hydrogens (tertiary/aromatic N) is 3. The average Bonchev–Trinajstić information content (AvgIpc) is 3.14. The quantitative estimate of drug-likeness (QED) is 0.756. The zero-order valence-corrected chi connectivity index (χ0v) is 17.2. The number of carbonyl (C=O) groups is 4. The molecule has 0 unspecified atom stereocenters. The molecule has 31 heavy (non-hydrogen) atoms. The first-order valence-electron chi connectivity index (χ1n) is 9.82. The number of pyridine rings is 1. The smallest absolute Gasteiger partial charge is 0.417 e. The second-order valence-electron chi connectivity index (χ2n) is 7.22. The summed E-state index contributed by atoms with van der Waals surface area (Å²) in [6.45, 7) is 3.00. The van der Waals surface area contributed by atoms with Gasteiger partial charge in [-0.05, 0) is 38.0 Å². The van der Waals surface area contributed by atoms with Gasteiger partial charge in [-0.25, -0.2) is 19.5 Å². The normalized spacial score (nSPS) is 16.6. The Kier molecular flexibility index (Phi) is 6.64. The van der Waals surface area contributed by atoms with E-state index >= 15 is 0 Å². The maximum Gasteiger partial charge on any atom is 0.417 e. The molecule has 2 aromatic rings. The second-order valence-corrected chi connectivity index (χ2v) is 7.22. The number of imide groups is 1. The number of amides is 3. The van der Waals surface area contributed by atoms with Crippen LogP contribution < -0.4 is 4.90 Å². The van der Waals surface area contributed by atoms with Crippen molar-refractivity contribution in [3.05, 3.63) is 59.8 Å². The molecule has 3 amide bonds. The number of rotatable bonds is 6. The number of hydrogen-bond donors (Lipinski definition) is 1. The molecule has 162 valence electrons. The number of carboxylic acid groups (broad SMARTS) is 1. The highest BCUT2D eigenvalue weighted by molar-refractivity contribution is 6.07. The van der Waals surface area contributed by atoms with Gasteiger partial charge in [0.25, 0.3) is 5.91 Å². The summed E-state index contributed by atoms with van der Waals surface area (Å²) >= 11 is 0. The zero-order valence-electron chi connectivity index (χ0n) is 17.2. The van der Waals surface area contributed by atoms with Crippen molar-refractivity contribution in [3.63, 3.8) is 0 Å². The maximum absolute atomic E-state index is 13.4. The van der Waals surface area contributed by atoms with E-state index in [1.807, 2.05) is 6.07 Å². The number of hydrogen-bond acceptors (Lipinski definition) is 6. The lowest BCUT2D eigenvalue weighted by molar-refractivity contribution is -0.140. The van der Waals surface area contributed by atoms with Crippen LogP contribution in [0.4, 0.5) is 10.6 Å². The van der Waals surface area contributed by atoms with Crippen molar-refractivity contribution in [2.45, 2.75) is 45.4 Å². The van der Waals surface area contributed by atoms with Gasteiger partial charge in [0, 0.05) is 12.1 Å². The Morgan fingerprint density at radius 3 is 2.55 bits per heavy atom. The molecule has 1 fully saturated rings. The van der Waals surface area contributed by atoms with E-state index in [0.29, 0.717) is 5.69 Å². The van der Waals surface area contributed by atoms with Gasteiger partial charge < -0.3 is 9.84 Å². The van der Waals surface area contributed by atoms with Gasteiger partial charge in [0.05, 0.1) is 0 Å². The van der Waals surface area contributed by atoms with Gasteiger partial charge in [0.2, 0.25) is 5.91 Å². The van der Waals surface area contributed by atoms with Crippen molar-refractivity contribution in [2.24, 2.45) is 0 Å². The number of carbonyl (C=O) groups excluding carboxylic acids is 3. The third-order valence-electron chi connectivity index (χ3n) is 5.00. The number of likely N-dealkylation sites (tertiary alicyclic amines) is 1. The standard InChI is InChI=1S/C22H23N3O6/c1-14-7-6-10-18(23-14)24(15(2)21(28)29)20(27)17-11-12-19(26)25(17)22(30)31-13-16-8-4-3-5-9-16/h3-10,15,17H,11-13H2,1-2H3,(H,28,29)/t15-,17-/m0/s1. The summed E-state index contributed by atoms with van der Waals surface area (Å²) in [5.41, 5.74) is 1.32. The van der Waals surface area contributed by atoms with Crippen LogP contribution in [0.1, 0.15) is 31.0 Å². The third-order valence-corrected chi connectivity index (χ3v) is 5.00. The molecule has 1 aliphatic heterocycles. The molecular formula is C22H23N3O6. The molecule has 0 spiro atoms. The molecule has 3 rings (SSSR count). The minimum atomic E-state index is -1.25. The molecular weight excluding hydrogens is 402 g/mol. The number of aryl methyl sites for hydroxylation is 1. The van der Waals surface area contributed by atoms with Crippen molar-refractivity contribution in [1.82, 2.24) is 9.88 Å². The topological polar surface area (TPSA) is 117 Å². The first-order valence-corrected chi connectivity index (χ1v) is 9.82. The van der Waals surface area contributed by atoms with Gasteiger partial charge in [-0.2, -0.15) is 0 Å². The van der Waals surface area contributed by atoms with E-state index in [9.17, 15) is 24.3 Å². The van der Waals surface area contributed by atoms with Crippen molar-refractivity contribution < 1.29 is 29.0 Å². The number of aromatic nitrogens is 1. The molecule has 0 saturated carbocycles. The Morgan fingerprint density at radius 1 is 1.19 bits per heavy atom. The third kappa shape index (κ3) is 4.88. The Balaban J connectivity index is 1.84. The Morgan fingerprint density at radius 2 is 1.90 bits per heavy atom. The molecule has 2 heterocycles. The molecule has 9 heteroatoms. The van der Waals surface area contributed by atoms with Crippen LogP contribution in [-0.4, -0.2) is 51.0 Å². The van der Waals surface area contributed by atoms with Crippen molar-refractivity contribution in [1.29, 1.82) is 0 Å². The molecule has 9 nitrogen and oxygen atoms in total. The summed E-state index contributed by atoms with van der Waals surface area (Å²) in [4.78, 5) is 56.1. The van der Waals surface area contributed by atoms with Crippen molar-refractivity contribution >= 4 is 29.7 Å². The van der Waals surface area contributed by atoms with E-state index in [-0.39, 0.29) is 25.3 Å². The van der Waals surface area contributed by atoms with Crippen LogP contribution in [0.3, 0.4) is 0 Å². The molecule has 2 atom stereocenters. The maximum atomic E-state index is 13.4. The first-order chi connectivity index (χ1) is 14.8. The summed E-state index contributed by atoms with van der Waals surface area (Å²) in [6.07, 6.45) is -0.884. The fourth-order valence-electron chi connectivity index (χ4n) is 3.37. The summed E-state index contributed by atoms with van der Waals surface area (Å²) in [7, 11) is 0. The number of benzene rings is 1. The van der Waals surface area contributed by atoms with E-state index in [1.165, 1.54) is 13.0 Å². The lowest BCUT2D eigenvalue weighted by atomic mass is 10.1.